The third kappa shape index (κ3) is 8.41. The van der Waals surface area contributed by atoms with Gasteiger partial charge in [0.25, 0.3) is 0 Å². The molecular formula is C91H60N4. The topological polar surface area (TPSA) is 16.3 Å². The van der Waals surface area contributed by atoms with Gasteiger partial charge in [0.15, 0.2) is 0 Å². The Morgan fingerprint density at radius 2 is 0.558 bits per heavy atom. The van der Waals surface area contributed by atoms with Crippen LogP contribution in [0.25, 0.3) is 111 Å². The Balaban J connectivity index is 0.922. The number of benzene rings is 15. The summed E-state index contributed by atoms with van der Waals surface area (Å²) in [5.74, 6) is 0. The quantitative estimate of drug-likeness (QED) is 0.128. The van der Waals surface area contributed by atoms with Crippen molar-refractivity contribution in [3.05, 3.63) is 386 Å². The van der Waals surface area contributed by atoms with Crippen molar-refractivity contribution in [2.75, 3.05) is 9.80 Å². The van der Waals surface area contributed by atoms with Gasteiger partial charge in [-0.2, -0.15) is 0 Å². The first-order chi connectivity index (χ1) is 47.2. The molecule has 0 unspecified atom stereocenters. The molecule has 0 bridgehead atoms. The summed E-state index contributed by atoms with van der Waals surface area (Å²) in [7, 11) is 0. The molecule has 2 aliphatic carbocycles. The van der Waals surface area contributed by atoms with Crippen molar-refractivity contribution in [2.45, 2.75) is 5.41 Å². The van der Waals surface area contributed by atoms with Crippen LogP contribution in [0.4, 0.5) is 34.1 Å². The van der Waals surface area contributed by atoms with Crippen LogP contribution in [0.2, 0.25) is 0 Å². The highest BCUT2D eigenvalue weighted by Crippen LogP contribution is 2.63. The third-order valence-electron chi connectivity index (χ3n) is 20.1. The molecule has 2 aromatic heterocycles. The van der Waals surface area contributed by atoms with Crippen molar-refractivity contribution in [2.24, 2.45) is 0 Å². The number of anilines is 6. The summed E-state index contributed by atoms with van der Waals surface area (Å²) in [6, 6.07) is 135. The van der Waals surface area contributed by atoms with Gasteiger partial charge in [0, 0.05) is 66.8 Å². The molecule has 95 heavy (non-hydrogen) atoms. The average Bonchev–Trinajstić information content (AvgIpc) is 1.51. The molecule has 0 N–H and O–H groups in total. The maximum atomic E-state index is 2.54. The number of nitrogens with zero attached hydrogens (tertiary/aromatic N) is 4. The van der Waals surface area contributed by atoms with Crippen molar-refractivity contribution in [3.8, 4) is 67.0 Å². The number of fused-ring (bicyclic) bond motifs is 16. The fourth-order valence-electron chi connectivity index (χ4n) is 16.1. The van der Waals surface area contributed by atoms with Gasteiger partial charge in [-0.25, -0.2) is 0 Å². The lowest BCUT2D eigenvalue weighted by molar-refractivity contribution is 0.794. The highest BCUT2D eigenvalue weighted by atomic mass is 15.2. The average molecular weight is 1210 g/mol. The number of aromatic nitrogens is 2. The van der Waals surface area contributed by atoms with Crippen molar-refractivity contribution >= 4 is 77.7 Å². The monoisotopic (exact) mass is 1210 g/mol. The van der Waals surface area contributed by atoms with Gasteiger partial charge in [-0.15, -0.1) is 0 Å². The van der Waals surface area contributed by atoms with E-state index < -0.39 is 5.41 Å². The van der Waals surface area contributed by atoms with Gasteiger partial charge >= 0.3 is 0 Å². The van der Waals surface area contributed by atoms with E-state index in [1.54, 1.807) is 0 Å². The molecule has 0 radical (unpaired) electrons. The van der Waals surface area contributed by atoms with Crippen LogP contribution < -0.4 is 9.80 Å². The highest BCUT2D eigenvalue weighted by Gasteiger charge is 2.51. The summed E-state index contributed by atoms with van der Waals surface area (Å²) in [5, 5.41) is 4.72. The standard InChI is InChI=1S/C91H60N4/c1-5-27-61(28-6-1)71-35-16-23-45-85(71)92(67-50-53-89-79(59-67)77-40-18-25-47-87(77)94(89)65-31-9-3-10-32-65)69-55-64(63-49-52-76-75-39-15-22-44-83(75)91(84(76)57-63)81-42-20-13-37-73(81)74-38-14-21-43-82(74)91)56-70(58-69)93(86-46-24-17-36-72(86)62-29-7-2-8-30-62)68-51-54-90-80(60-68)78-41-19-26-48-88(78)95(90)66-33-11-4-12-34-66/h1-60H. The summed E-state index contributed by atoms with van der Waals surface area (Å²) >= 11 is 0. The summed E-state index contributed by atoms with van der Waals surface area (Å²) in [4.78, 5) is 5.05. The Kier molecular flexibility index (Phi) is 12.5. The van der Waals surface area contributed by atoms with Gasteiger partial charge in [-0.05, 0) is 176 Å². The molecule has 19 rings (SSSR count). The first-order valence-electron chi connectivity index (χ1n) is 32.8. The minimum atomic E-state index is -0.542. The normalized spacial score (nSPS) is 12.5. The maximum absolute atomic E-state index is 2.54. The van der Waals surface area contributed by atoms with Crippen molar-refractivity contribution < 1.29 is 0 Å². The predicted molar refractivity (Wildman–Crippen MR) is 397 cm³/mol. The molecule has 0 amide bonds. The zero-order chi connectivity index (χ0) is 62.6. The van der Waals surface area contributed by atoms with E-state index in [1.165, 1.54) is 66.1 Å². The van der Waals surface area contributed by atoms with Crippen LogP contribution in [0.15, 0.2) is 364 Å². The Morgan fingerprint density at radius 1 is 0.200 bits per heavy atom. The van der Waals surface area contributed by atoms with Crippen LogP contribution >= 0.6 is 0 Å². The highest BCUT2D eigenvalue weighted by molar-refractivity contribution is 6.13. The lowest BCUT2D eigenvalue weighted by atomic mass is 9.70. The van der Waals surface area contributed by atoms with E-state index in [0.29, 0.717) is 0 Å². The second-order valence-corrected chi connectivity index (χ2v) is 25.1. The number of hydrogen-bond acceptors (Lipinski definition) is 2. The third-order valence-corrected chi connectivity index (χ3v) is 20.1. The van der Waals surface area contributed by atoms with Crippen LogP contribution in [0, 0.1) is 0 Å². The number of hydrogen-bond donors (Lipinski definition) is 0. The Bertz CT molecular complexity index is 5540. The largest absolute Gasteiger partial charge is 0.310 e. The SMILES string of the molecule is c1ccc(-c2ccccc2N(c2cc(-c3ccc4c(c3)C3(c5ccccc5-c5ccccc53)c3ccccc3-4)cc(N(c3ccc4c(c3)c3ccccc3n4-c3ccccc3)c3ccccc3-c3ccccc3)c2)c2ccc3c(c2)c2ccccc2n3-c2ccccc2)cc1. The van der Waals surface area contributed by atoms with E-state index in [-0.39, 0.29) is 0 Å². The van der Waals surface area contributed by atoms with E-state index in [4.69, 9.17) is 0 Å². The van der Waals surface area contributed by atoms with Gasteiger partial charge in [0.05, 0.1) is 38.9 Å². The van der Waals surface area contributed by atoms with E-state index >= 15 is 0 Å². The molecule has 4 nitrogen and oxygen atoms in total. The van der Waals surface area contributed by atoms with Gasteiger partial charge in [0.2, 0.25) is 0 Å². The zero-order valence-corrected chi connectivity index (χ0v) is 51.9. The Morgan fingerprint density at radius 3 is 1.01 bits per heavy atom. The van der Waals surface area contributed by atoms with Crippen molar-refractivity contribution in [3.63, 3.8) is 0 Å². The summed E-state index contributed by atoms with van der Waals surface area (Å²) < 4.78 is 4.82. The second kappa shape index (κ2) is 21.8. The van der Waals surface area contributed by atoms with Crippen LogP contribution in [0.3, 0.4) is 0 Å². The molecule has 1 spiro atoms. The Labute approximate surface area is 552 Å². The predicted octanol–water partition coefficient (Wildman–Crippen LogP) is 24.2. The van der Waals surface area contributed by atoms with Crippen molar-refractivity contribution in [1.29, 1.82) is 0 Å². The fourth-order valence-corrected chi connectivity index (χ4v) is 16.1. The minimum absolute atomic E-state index is 0.542. The van der Waals surface area contributed by atoms with Crippen LogP contribution in [0.5, 0.6) is 0 Å². The smallest absolute Gasteiger partial charge is 0.0725 e. The molecule has 15 aromatic carbocycles. The maximum Gasteiger partial charge on any atom is 0.0725 e. The summed E-state index contributed by atoms with van der Waals surface area (Å²) in [5.41, 5.74) is 29.6. The summed E-state index contributed by atoms with van der Waals surface area (Å²) in [6.45, 7) is 0. The molecule has 0 atom stereocenters. The number of para-hydroxylation sites is 6. The lowest BCUT2D eigenvalue weighted by Gasteiger charge is -2.33. The molecule has 17 aromatic rings. The van der Waals surface area contributed by atoms with Crippen LogP contribution in [-0.2, 0) is 5.41 Å². The second-order valence-electron chi connectivity index (χ2n) is 25.1. The van der Waals surface area contributed by atoms with Crippen LogP contribution in [0.1, 0.15) is 22.3 Å². The molecule has 0 saturated carbocycles. The Hall–Kier alpha value is -12.5. The van der Waals surface area contributed by atoms with Gasteiger partial charge < -0.3 is 18.9 Å². The van der Waals surface area contributed by atoms with E-state index in [2.05, 4.69) is 383 Å². The van der Waals surface area contributed by atoms with Gasteiger partial charge in [-0.1, -0.05) is 255 Å². The van der Waals surface area contributed by atoms with Crippen LogP contribution in [-0.4, -0.2) is 9.13 Å². The van der Waals surface area contributed by atoms with E-state index in [1.807, 2.05) is 0 Å². The minimum Gasteiger partial charge on any atom is -0.310 e. The van der Waals surface area contributed by atoms with E-state index in [9.17, 15) is 0 Å². The number of rotatable bonds is 11. The zero-order valence-electron chi connectivity index (χ0n) is 51.9. The molecule has 4 heteroatoms. The molecular weight excluding hydrogens is 1150 g/mol. The first-order valence-corrected chi connectivity index (χ1v) is 32.8. The lowest BCUT2D eigenvalue weighted by Crippen LogP contribution is -2.25. The molecule has 0 fully saturated rings. The van der Waals surface area contributed by atoms with Gasteiger partial charge in [-0.3, -0.25) is 0 Å². The fraction of sp³-hybridized carbons (Fsp3) is 0.0110. The molecule has 444 valence electrons. The molecule has 2 heterocycles. The molecule has 2 aliphatic rings. The first kappa shape index (κ1) is 54.3. The molecule has 0 saturated heterocycles. The van der Waals surface area contributed by atoms with Crippen molar-refractivity contribution in [1.82, 2.24) is 9.13 Å². The van der Waals surface area contributed by atoms with E-state index in [0.717, 1.165) is 101 Å². The van der Waals surface area contributed by atoms with Gasteiger partial charge in [0.1, 0.15) is 0 Å². The summed E-state index contributed by atoms with van der Waals surface area (Å²) in [6.07, 6.45) is 0. The molecule has 0 aliphatic heterocycles.